The van der Waals surface area contributed by atoms with E-state index in [1.165, 1.54) is 0 Å². The highest BCUT2D eigenvalue weighted by Crippen LogP contribution is 2.26. The summed E-state index contributed by atoms with van der Waals surface area (Å²) in [5, 5.41) is 12.5. The quantitative estimate of drug-likeness (QED) is 0.764. The van der Waals surface area contributed by atoms with Crippen LogP contribution in [0.25, 0.3) is 10.9 Å². The van der Waals surface area contributed by atoms with Crippen LogP contribution < -0.4 is 10.1 Å². The van der Waals surface area contributed by atoms with E-state index in [1.54, 1.807) is 19.2 Å². The van der Waals surface area contributed by atoms with Crippen molar-refractivity contribution in [1.29, 1.82) is 0 Å². The molecule has 6 heteroatoms. The van der Waals surface area contributed by atoms with Gasteiger partial charge in [0.05, 0.1) is 7.11 Å². The topological polar surface area (TPSA) is 91.4 Å². The van der Waals surface area contributed by atoms with Crippen molar-refractivity contribution < 1.29 is 19.4 Å². The van der Waals surface area contributed by atoms with Gasteiger partial charge in [-0.1, -0.05) is 19.9 Å². The second-order valence-corrected chi connectivity index (χ2v) is 5.60. The van der Waals surface area contributed by atoms with E-state index in [4.69, 9.17) is 4.74 Å². The lowest BCUT2D eigenvalue weighted by Gasteiger charge is -2.15. The Hall–Kier alpha value is -2.50. The Balaban J connectivity index is 2.23. The molecule has 1 aromatic carbocycles. The van der Waals surface area contributed by atoms with Gasteiger partial charge in [0.15, 0.2) is 0 Å². The van der Waals surface area contributed by atoms with Crippen LogP contribution in [0.1, 0.15) is 30.8 Å². The highest BCUT2D eigenvalue weighted by Gasteiger charge is 2.22. The average molecular weight is 304 g/mol. The van der Waals surface area contributed by atoms with E-state index in [9.17, 15) is 14.7 Å². The van der Waals surface area contributed by atoms with Crippen LogP contribution in [0.3, 0.4) is 0 Å². The SMILES string of the molecule is COc1cccc2[nH]c(C(=O)NC(CC(C)C)C(=O)O)cc12. The molecule has 1 unspecified atom stereocenters. The number of carbonyl (C=O) groups excluding carboxylic acids is 1. The Kier molecular flexibility index (Phi) is 4.70. The molecule has 2 rings (SSSR count). The van der Waals surface area contributed by atoms with Crippen LogP contribution >= 0.6 is 0 Å². The third-order valence-electron chi connectivity index (χ3n) is 3.40. The van der Waals surface area contributed by atoms with E-state index in [0.29, 0.717) is 17.9 Å². The fraction of sp³-hybridized carbons (Fsp3) is 0.375. The fourth-order valence-corrected chi connectivity index (χ4v) is 2.36. The number of aliphatic carboxylic acids is 1. The maximum atomic E-state index is 12.3. The summed E-state index contributed by atoms with van der Waals surface area (Å²) >= 11 is 0. The third-order valence-corrected chi connectivity index (χ3v) is 3.40. The number of benzene rings is 1. The van der Waals surface area contributed by atoms with Gasteiger partial charge in [0, 0.05) is 10.9 Å². The normalized spacial score (nSPS) is 12.4. The Labute approximate surface area is 128 Å². The van der Waals surface area contributed by atoms with E-state index in [0.717, 1.165) is 10.9 Å². The van der Waals surface area contributed by atoms with Gasteiger partial charge in [-0.2, -0.15) is 0 Å². The molecule has 0 saturated carbocycles. The first-order valence-electron chi connectivity index (χ1n) is 7.11. The van der Waals surface area contributed by atoms with Gasteiger partial charge in [0.2, 0.25) is 0 Å². The minimum Gasteiger partial charge on any atom is -0.496 e. The Morgan fingerprint density at radius 3 is 2.68 bits per heavy atom. The van der Waals surface area contributed by atoms with Crippen LogP contribution in [0.2, 0.25) is 0 Å². The molecule has 1 atom stereocenters. The van der Waals surface area contributed by atoms with Crippen LogP contribution in [-0.2, 0) is 4.79 Å². The summed E-state index contributed by atoms with van der Waals surface area (Å²) in [6.07, 6.45) is 0.380. The predicted octanol–water partition coefficient (Wildman–Crippen LogP) is 2.41. The van der Waals surface area contributed by atoms with Crippen molar-refractivity contribution in [3.05, 3.63) is 30.0 Å². The van der Waals surface area contributed by atoms with Gasteiger partial charge in [-0.25, -0.2) is 4.79 Å². The lowest BCUT2D eigenvalue weighted by atomic mass is 10.0. The smallest absolute Gasteiger partial charge is 0.326 e. The highest BCUT2D eigenvalue weighted by molar-refractivity contribution is 6.00. The first kappa shape index (κ1) is 15.9. The van der Waals surface area contributed by atoms with Crippen LogP contribution in [0.15, 0.2) is 24.3 Å². The summed E-state index contributed by atoms with van der Waals surface area (Å²) in [7, 11) is 1.56. The van der Waals surface area contributed by atoms with Crippen molar-refractivity contribution in [3.8, 4) is 5.75 Å². The van der Waals surface area contributed by atoms with E-state index < -0.39 is 17.9 Å². The molecular formula is C16H20N2O4. The molecule has 0 spiro atoms. The molecule has 6 nitrogen and oxygen atoms in total. The maximum Gasteiger partial charge on any atom is 0.326 e. The molecule has 0 radical (unpaired) electrons. The molecule has 3 N–H and O–H groups in total. The van der Waals surface area contributed by atoms with E-state index >= 15 is 0 Å². The lowest BCUT2D eigenvalue weighted by Crippen LogP contribution is -2.41. The molecule has 1 aromatic heterocycles. The Morgan fingerprint density at radius 2 is 2.09 bits per heavy atom. The average Bonchev–Trinajstić information content (AvgIpc) is 2.89. The van der Waals surface area contributed by atoms with Gasteiger partial charge in [-0.05, 0) is 30.5 Å². The third kappa shape index (κ3) is 3.39. The number of nitrogens with one attached hydrogen (secondary N) is 2. The number of hydrogen-bond acceptors (Lipinski definition) is 3. The fourth-order valence-electron chi connectivity index (χ4n) is 2.36. The van der Waals surface area contributed by atoms with E-state index in [2.05, 4.69) is 10.3 Å². The first-order valence-corrected chi connectivity index (χ1v) is 7.11. The number of aromatic nitrogens is 1. The number of ether oxygens (including phenoxy) is 1. The number of H-pyrrole nitrogens is 1. The van der Waals surface area contributed by atoms with Crippen molar-refractivity contribution in [2.24, 2.45) is 5.92 Å². The molecule has 0 fully saturated rings. The second-order valence-electron chi connectivity index (χ2n) is 5.60. The number of hydrogen-bond donors (Lipinski definition) is 3. The number of methoxy groups -OCH3 is 1. The maximum absolute atomic E-state index is 12.3. The summed E-state index contributed by atoms with van der Waals surface area (Å²) in [5.41, 5.74) is 1.08. The minimum absolute atomic E-state index is 0.171. The zero-order chi connectivity index (χ0) is 16.3. The van der Waals surface area contributed by atoms with Gasteiger partial charge in [-0.3, -0.25) is 4.79 Å². The monoisotopic (exact) mass is 304 g/mol. The molecule has 1 amide bonds. The predicted molar refractivity (Wildman–Crippen MR) is 83.2 cm³/mol. The van der Waals surface area contributed by atoms with Gasteiger partial charge >= 0.3 is 5.97 Å². The summed E-state index contributed by atoms with van der Waals surface area (Å²) in [6.45, 7) is 3.83. The van der Waals surface area contributed by atoms with Crippen molar-refractivity contribution >= 4 is 22.8 Å². The van der Waals surface area contributed by atoms with Crippen LogP contribution in [0.4, 0.5) is 0 Å². The zero-order valence-corrected chi connectivity index (χ0v) is 12.8. The molecule has 0 bridgehead atoms. The summed E-state index contributed by atoms with van der Waals surface area (Å²) < 4.78 is 5.25. The van der Waals surface area contributed by atoms with E-state index in [1.807, 2.05) is 26.0 Å². The molecule has 2 aromatic rings. The number of aromatic amines is 1. The summed E-state index contributed by atoms with van der Waals surface area (Å²) in [6, 6.07) is 6.21. The molecule has 0 aliphatic heterocycles. The standard InChI is InChI=1S/C16H20N2O4/c1-9(2)7-13(16(20)21)18-15(19)12-8-10-11(17-12)5-4-6-14(10)22-3/h4-6,8-9,13,17H,7H2,1-3H3,(H,18,19)(H,20,21). The number of carboxylic acid groups (broad SMARTS) is 1. The number of carbonyl (C=O) groups is 2. The lowest BCUT2D eigenvalue weighted by molar-refractivity contribution is -0.139. The van der Waals surface area contributed by atoms with Crippen molar-refractivity contribution in [1.82, 2.24) is 10.3 Å². The molecule has 118 valence electrons. The molecule has 22 heavy (non-hydrogen) atoms. The van der Waals surface area contributed by atoms with Crippen molar-refractivity contribution in [3.63, 3.8) is 0 Å². The summed E-state index contributed by atoms with van der Waals surface area (Å²) in [4.78, 5) is 26.5. The van der Waals surface area contributed by atoms with Crippen molar-refractivity contribution in [2.45, 2.75) is 26.3 Å². The van der Waals surface area contributed by atoms with Gasteiger partial charge in [0.1, 0.15) is 17.5 Å². The van der Waals surface area contributed by atoms with Crippen LogP contribution in [0.5, 0.6) is 5.75 Å². The highest BCUT2D eigenvalue weighted by atomic mass is 16.5. The number of fused-ring (bicyclic) bond motifs is 1. The first-order chi connectivity index (χ1) is 10.4. The molecule has 1 heterocycles. The van der Waals surface area contributed by atoms with Gasteiger partial charge < -0.3 is 20.1 Å². The van der Waals surface area contributed by atoms with Crippen LogP contribution in [-0.4, -0.2) is 35.1 Å². The van der Waals surface area contributed by atoms with Gasteiger partial charge in [-0.15, -0.1) is 0 Å². The molecular weight excluding hydrogens is 284 g/mol. The van der Waals surface area contributed by atoms with E-state index in [-0.39, 0.29) is 5.92 Å². The Morgan fingerprint density at radius 1 is 1.36 bits per heavy atom. The molecule has 0 aliphatic rings. The zero-order valence-electron chi connectivity index (χ0n) is 12.8. The second kappa shape index (κ2) is 6.51. The Bertz CT molecular complexity index is 691. The van der Waals surface area contributed by atoms with Crippen molar-refractivity contribution in [2.75, 3.05) is 7.11 Å². The molecule has 0 aliphatic carbocycles. The number of carboxylic acids is 1. The number of amides is 1. The summed E-state index contributed by atoms with van der Waals surface area (Å²) in [5.74, 6) is -0.643. The van der Waals surface area contributed by atoms with Gasteiger partial charge in [0.25, 0.3) is 5.91 Å². The van der Waals surface area contributed by atoms with Crippen LogP contribution in [0, 0.1) is 5.92 Å². The number of rotatable bonds is 6. The largest absolute Gasteiger partial charge is 0.496 e. The molecule has 0 saturated heterocycles. The minimum atomic E-state index is -1.03.